The van der Waals surface area contributed by atoms with E-state index in [0.29, 0.717) is 24.9 Å². The molecule has 100 valence electrons. The van der Waals surface area contributed by atoms with Crippen LogP contribution in [0.2, 0.25) is 0 Å². The standard InChI is InChI=1S/C12H20N4O2/c1-18-7-6-16-11(17)14-10(13)12(16)3-5-15-4-2-9(12)8-15/h9H,2-8H2,1H3,(H2,13,14,17). The second-order valence-electron chi connectivity index (χ2n) is 5.38. The zero-order valence-electron chi connectivity index (χ0n) is 10.8. The van der Waals surface area contributed by atoms with Crippen molar-refractivity contribution < 1.29 is 9.53 Å². The number of ether oxygens (including phenoxy) is 1. The fourth-order valence-corrected chi connectivity index (χ4v) is 3.70. The zero-order valence-corrected chi connectivity index (χ0v) is 10.8. The number of urea groups is 1. The van der Waals surface area contributed by atoms with Gasteiger partial charge in [0, 0.05) is 32.7 Å². The number of nitrogens with zero attached hydrogens (tertiary/aromatic N) is 3. The van der Waals surface area contributed by atoms with Crippen molar-refractivity contribution >= 4 is 11.9 Å². The molecule has 18 heavy (non-hydrogen) atoms. The Morgan fingerprint density at radius 2 is 2.39 bits per heavy atom. The summed E-state index contributed by atoms with van der Waals surface area (Å²) in [7, 11) is 1.65. The predicted octanol–water partition coefficient (Wildman–Crippen LogP) is -0.110. The molecular weight excluding hydrogens is 232 g/mol. The molecule has 3 heterocycles. The number of piperidine rings is 1. The third kappa shape index (κ3) is 1.48. The number of aliphatic imine (C=N–C) groups is 1. The fraction of sp³-hybridized carbons (Fsp3) is 0.833. The van der Waals surface area contributed by atoms with Gasteiger partial charge in [-0.1, -0.05) is 0 Å². The van der Waals surface area contributed by atoms with Crippen molar-refractivity contribution in [3.8, 4) is 0 Å². The second kappa shape index (κ2) is 4.20. The van der Waals surface area contributed by atoms with Gasteiger partial charge in [0.1, 0.15) is 11.4 Å². The number of methoxy groups -OCH3 is 1. The van der Waals surface area contributed by atoms with Crippen LogP contribution in [-0.4, -0.2) is 67.1 Å². The van der Waals surface area contributed by atoms with Crippen LogP contribution in [0.5, 0.6) is 0 Å². The lowest BCUT2D eigenvalue weighted by Gasteiger charge is -2.45. The van der Waals surface area contributed by atoms with Crippen molar-refractivity contribution in [2.45, 2.75) is 18.4 Å². The molecule has 0 aliphatic carbocycles. The summed E-state index contributed by atoms with van der Waals surface area (Å²) in [6.07, 6.45) is 2.01. The van der Waals surface area contributed by atoms with Gasteiger partial charge in [0.15, 0.2) is 0 Å². The first kappa shape index (κ1) is 11.9. The molecule has 2 bridgehead atoms. The van der Waals surface area contributed by atoms with Crippen LogP contribution in [0.1, 0.15) is 12.8 Å². The van der Waals surface area contributed by atoms with Gasteiger partial charge in [-0.25, -0.2) is 4.79 Å². The number of rotatable bonds is 3. The van der Waals surface area contributed by atoms with Crippen molar-refractivity contribution in [1.29, 1.82) is 0 Å². The Morgan fingerprint density at radius 3 is 3.17 bits per heavy atom. The number of carbonyl (C=O) groups excluding carboxylic acids is 1. The van der Waals surface area contributed by atoms with E-state index in [1.807, 2.05) is 4.90 Å². The van der Waals surface area contributed by atoms with E-state index in [2.05, 4.69) is 9.89 Å². The lowest BCUT2D eigenvalue weighted by molar-refractivity contribution is 0.0691. The number of hydrogen-bond acceptors (Lipinski definition) is 4. The molecule has 3 aliphatic heterocycles. The fourth-order valence-electron chi connectivity index (χ4n) is 3.70. The Hall–Kier alpha value is -1.14. The first-order valence-corrected chi connectivity index (χ1v) is 6.56. The Morgan fingerprint density at radius 1 is 1.56 bits per heavy atom. The second-order valence-corrected chi connectivity index (χ2v) is 5.38. The van der Waals surface area contributed by atoms with E-state index in [-0.39, 0.29) is 11.6 Å². The van der Waals surface area contributed by atoms with E-state index >= 15 is 0 Å². The predicted molar refractivity (Wildman–Crippen MR) is 67.5 cm³/mol. The average molecular weight is 252 g/mol. The topological polar surface area (TPSA) is 71.2 Å². The Kier molecular flexibility index (Phi) is 2.79. The zero-order chi connectivity index (χ0) is 12.8. The first-order valence-electron chi connectivity index (χ1n) is 6.56. The largest absolute Gasteiger partial charge is 0.385 e. The number of amidine groups is 1. The van der Waals surface area contributed by atoms with Crippen LogP contribution < -0.4 is 5.73 Å². The van der Waals surface area contributed by atoms with Crippen LogP contribution in [0.15, 0.2) is 4.99 Å². The average Bonchev–Trinajstić information content (AvgIpc) is 2.84. The van der Waals surface area contributed by atoms with Crippen molar-refractivity contribution in [2.75, 3.05) is 39.9 Å². The van der Waals surface area contributed by atoms with Gasteiger partial charge in [0.05, 0.1) is 6.61 Å². The number of fused-ring (bicyclic) bond motifs is 3. The third-order valence-corrected chi connectivity index (χ3v) is 4.65. The molecule has 2 amide bonds. The Bertz CT molecular complexity index is 398. The molecule has 2 N–H and O–H groups in total. The number of nitrogens with two attached hydrogens (primary N) is 1. The maximum absolute atomic E-state index is 12.0. The molecule has 0 aromatic carbocycles. The van der Waals surface area contributed by atoms with Gasteiger partial charge in [-0.3, -0.25) is 0 Å². The maximum Gasteiger partial charge on any atom is 0.346 e. The molecule has 2 saturated heterocycles. The highest BCUT2D eigenvalue weighted by Crippen LogP contribution is 2.42. The molecule has 6 heteroatoms. The summed E-state index contributed by atoms with van der Waals surface area (Å²) < 4.78 is 5.10. The molecule has 3 atom stereocenters. The van der Waals surface area contributed by atoms with Gasteiger partial charge in [-0.15, -0.1) is 0 Å². The van der Waals surface area contributed by atoms with Gasteiger partial charge in [0.25, 0.3) is 0 Å². The molecule has 3 rings (SSSR count). The van der Waals surface area contributed by atoms with Crippen LogP contribution in [0.4, 0.5) is 4.79 Å². The number of hydrogen-bond donors (Lipinski definition) is 1. The van der Waals surface area contributed by atoms with E-state index in [9.17, 15) is 4.79 Å². The maximum atomic E-state index is 12.0. The molecular formula is C12H20N4O2. The van der Waals surface area contributed by atoms with Gasteiger partial charge in [-0.2, -0.15) is 4.99 Å². The van der Waals surface area contributed by atoms with Crippen molar-refractivity contribution in [2.24, 2.45) is 16.6 Å². The van der Waals surface area contributed by atoms with E-state index in [1.165, 1.54) is 0 Å². The molecule has 6 nitrogen and oxygen atoms in total. The number of carbonyl (C=O) groups is 1. The normalized spacial score (nSPS) is 38.6. The smallest absolute Gasteiger partial charge is 0.346 e. The highest BCUT2D eigenvalue weighted by Gasteiger charge is 2.56. The quantitative estimate of drug-likeness (QED) is 0.761. The summed E-state index contributed by atoms with van der Waals surface area (Å²) >= 11 is 0. The minimum absolute atomic E-state index is 0.190. The van der Waals surface area contributed by atoms with Crippen LogP contribution in [-0.2, 0) is 4.74 Å². The van der Waals surface area contributed by atoms with E-state index in [0.717, 1.165) is 32.5 Å². The van der Waals surface area contributed by atoms with Crippen LogP contribution in [0.25, 0.3) is 0 Å². The third-order valence-electron chi connectivity index (χ3n) is 4.65. The monoisotopic (exact) mass is 252 g/mol. The number of amides is 2. The van der Waals surface area contributed by atoms with E-state index in [4.69, 9.17) is 10.5 Å². The molecule has 0 aromatic rings. The molecule has 2 fully saturated rings. The summed E-state index contributed by atoms with van der Waals surface area (Å²) in [5.41, 5.74) is 5.78. The Labute approximate surface area is 107 Å². The van der Waals surface area contributed by atoms with Gasteiger partial charge >= 0.3 is 6.03 Å². The van der Waals surface area contributed by atoms with Crippen molar-refractivity contribution in [1.82, 2.24) is 9.80 Å². The lowest BCUT2D eigenvalue weighted by Crippen LogP contribution is -2.63. The van der Waals surface area contributed by atoms with Crippen LogP contribution in [0, 0.1) is 5.92 Å². The van der Waals surface area contributed by atoms with Gasteiger partial charge in [0.2, 0.25) is 0 Å². The molecule has 3 unspecified atom stereocenters. The van der Waals surface area contributed by atoms with Crippen molar-refractivity contribution in [3.05, 3.63) is 0 Å². The van der Waals surface area contributed by atoms with E-state index < -0.39 is 0 Å². The SMILES string of the molecule is COCCN1C(=O)N=C(N)C12CCN1CCC2C1. The minimum atomic E-state index is -0.331. The Balaban J connectivity index is 1.90. The molecule has 1 spiro atoms. The van der Waals surface area contributed by atoms with Crippen molar-refractivity contribution in [3.63, 3.8) is 0 Å². The molecule has 0 aromatic heterocycles. The van der Waals surface area contributed by atoms with Crippen LogP contribution in [0.3, 0.4) is 0 Å². The molecule has 3 aliphatic rings. The lowest BCUT2D eigenvalue weighted by atomic mass is 9.77. The summed E-state index contributed by atoms with van der Waals surface area (Å²) in [5, 5.41) is 0. The van der Waals surface area contributed by atoms with E-state index in [1.54, 1.807) is 7.11 Å². The minimum Gasteiger partial charge on any atom is -0.385 e. The molecule has 0 radical (unpaired) electrons. The molecule has 0 saturated carbocycles. The highest BCUT2D eigenvalue weighted by molar-refractivity contribution is 6.06. The van der Waals surface area contributed by atoms with Gasteiger partial charge < -0.3 is 20.3 Å². The summed E-state index contributed by atoms with van der Waals surface area (Å²) in [5.74, 6) is 0.952. The summed E-state index contributed by atoms with van der Waals surface area (Å²) in [4.78, 5) is 20.3. The van der Waals surface area contributed by atoms with Gasteiger partial charge in [-0.05, 0) is 19.4 Å². The highest BCUT2D eigenvalue weighted by atomic mass is 16.5. The van der Waals surface area contributed by atoms with Crippen LogP contribution >= 0.6 is 0 Å². The first-order chi connectivity index (χ1) is 8.68. The summed E-state index contributed by atoms with van der Waals surface area (Å²) in [6, 6.07) is -0.190. The summed E-state index contributed by atoms with van der Waals surface area (Å²) in [6.45, 7) is 4.27.